The molecule has 0 aromatic carbocycles. The van der Waals surface area contributed by atoms with E-state index in [1.54, 1.807) is 0 Å². The van der Waals surface area contributed by atoms with E-state index in [9.17, 15) is 0 Å². The van der Waals surface area contributed by atoms with Crippen molar-refractivity contribution in [1.82, 2.24) is 15.2 Å². The molecule has 21 heavy (non-hydrogen) atoms. The maximum atomic E-state index is 4.57. The molecule has 1 spiro atoms. The molecule has 2 saturated carbocycles. The number of piperazine rings is 1. The molecule has 0 bridgehead atoms. The van der Waals surface area contributed by atoms with Crippen molar-refractivity contribution in [2.45, 2.75) is 63.1 Å². The van der Waals surface area contributed by atoms with Crippen LogP contribution < -0.4 is 5.32 Å². The first-order valence-corrected chi connectivity index (χ1v) is 8.74. The Hall–Kier alpha value is -0.930. The first-order valence-electron chi connectivity index (χ1n) is 8.74. The Morgan fingerprint density at radius 3 is 2.76 bits per heavy atom. The van der Waals surface area contributed by atoms with E-state index in [1.165, 1.54) is 63.7 Å². The predicted octanol–water partition coefficient (Wildman–Crippen LogP) is 2.97. The van der Waals surface area contributed by atoms with Crippen LogP contribution in [0.3, 0.4) is 0 Å². The van der Waals surface area contributed by atoms with E-state index in [1.807, 2.05) is 12.3 Å². The Balaban J connectivity index is 1.54. The Morgan fingerprint density at radius 1 is 1.19 bits per heavy atom. The largest absolute Gasteiger partial charge is 0.311 e. The highest BCUT2D eigenvalue weighted by molar-refractivity contribution is 5.08. The molecule has 1 aromatic heterocycles. The molecular formula is C18H27N3. The van der Waals surface area contributed by atoms with Gasteiger partial charge < -0.3 is 5.32 Å². The van der Waals surface area contributed by atoms with E-state index in [4.69, 9.17) is 0 Å². The number of rotatable bonds is 3. The molecule has 1 atom stereocenters. The summed E-state index contributed by atoms with van der Waals surface area (Å²) in [5, 5.41) is 3.90. The molecule has 1 N–H and O–H groups in total. The summed E-state index contributed by atoms with van der Waals surface area (Å²) >= 11 is 0. The van der Waals surface area contributed by atoms with Crippen LogP contribution in [0.4, 0.5) is 0 Å². The van der Waals surface area contributed by atoms with Crippen LogP contribution in [0.15, 0.2) is 24.4 Å². The second kappa shape index (κ2) is 5.69. The van der Waals surface area contributed by atoms with Gasteiger partial charge in [0.05, 0.1) is 5.69 Å². The Morgan fingerprint density at radius 2 is 2.05 bits per heavy atom. The molecule has 0 amide bonds. The number of pyridine rings is 1. The van der Waals surface area contributed by atoms with E-state index in [0.29, 0.717) is 5.54 Å². The van der Waals surface area contributed by atoms with Crippen LogP contribution in [0, 0.1) is 5.92 Å². The van der Waals surface area contributed by atoms with Crippen molar-refractivity contribution in [3.05, 3.63) is 30.1 Å². The summed E-state index contributed by atoms with van der Waals surface area (Å²) in [6.07, 6.45) is 11.7. The molecule has 3 fully saturated rings. The lowest BCUT2D eigenvalue weighted by atomic mass is 9.78. The van der Waals surface area contributed by atoms with Gasteiger partial charge in [0.2, 0.25) is 0 Å². The third-order valence-electron chi connectivity index (χ3n) is 5.84. The first kappa shape index (κ1) is 13.7. The molecule has 1 unspecified atom stereocenters. The van der Waals surface area contributed by atoms with E-state index in [-0.39, 0.29) is 0 Å². The van der Waals surface area contributed by atoms with Crippen molar-refractivity contribution in [3.8, 4) is 0 Å². The molecule has 1 saturated heterocycles. The van der Waals surface area contributed by atoms with E-state index in [2.05, 4.69) is 27.3 Å². The molecule has 3 aliphatic rings. The quantitative estimate of drug-likeness (QED) is 0.925. The number of nitrogens with one attached hydrogen (secondary N) is 1. The molecular weight excluding hydrogens is 258 g/mol. The van der Waals surface area contributed by atoms with Crippen molar-refractivity contribution in [3.63, 3.8) is 0 Å². The predicted molar refractivity (Wildman–Crippen MR) is 85.0 cm³/mol. The number of aromatic nitrogens is 1. The van der Waals surface area contributed by atoms with Gasteiger partial charge >= 0.3 is 0 Å². The Bertz CT molecular complexity index is 463. The highest BCUT2D eigenvalue weighted by atomic mass is 15.3. The van der Waals surface area contributed by atoms with Crippen LogP contribution in [0.2, 0.25) is 0 Å². The minimum atomic E-state index is 0.404. The fraction of sp³-hybridized carbons (Fsp3) is 0.722. The minimum Gasteiger partial charge on any atom is -0.311 e. The van der Waals surface area contributed by atoms with Crippen LogP contribution in [-0.2, 0) is 6.54 Å². The van der Waals surface area contributed by atoms with Gasteiger partial charge in [-0.15, -0.1) is 0 Å². The van der Waals surface area contributed by atoms with Crippen LogP contribution in [0.5, 0.6) is 0 Å². The van der Waals surface area contributed by atoms with E-state index < -0.39 is 0 Å². The third kappa shape index (κ3) is 2.86. The summed E-state index contributed by atoms with van der Waals surface area (Å²) in [7, 11) is 0. The van der Waals surface area contributed by atoms with Gasteiger partial charge in [-0.3, -0.25) is 9.88 Å². The molecule has 3 heteroatoms. The third-order valence-corrected chi connectivity index (χ3v) is 5.84. The van der Waals surface area contributed by atoms with Gasteiger partial charge in [-0.1, -0.05) is 25.3 Å². The molecule has 2 heterocycles. The highest BCUT2D eigenvalue weighted by Crippen LogP contribution is 2.40. The molecule has 0 radical (unpaired) electrons. The van der Waals surface area contributed by atoms with Crippen LogP contribution in [0.1, 0.15) is 50.6 Å². The maximum absolute atomic E-state index is 4.57. The molecule has 2 aliphatic carbocycles. The highest BCUT2D eigenvalue weighted by Gasteiger charge is 2.45. The SMILES string of the molecule is c1ccc(CN2CC(C3CC3)NCC23CCCCC3)nc1. The van der Waals surface area contributed by atoms with Gasteiger partial charge in [0.25, 0.3) is 0 Å². The van der Waals surface area contributed by atoms with Crippen molar-refractivity contribution in [2.24, 2.45) is 5.92 Å². The zero-order valence-electron chi connectivity index (χ0n) is 12.9. The van der Waals surface area contributed by atoms with Crippen LogP contribution >= 0.6 is 0 Å². The number of nitrogens with zero attached hydrogens (tertiary/aromatic N) is 2. The zero-order chi connectivity index (χ0) is 14.1. The zero-order valence-corrected chi connectivity index (χ0v) is 12.9. The maximum Gasteiger partial charge on any atom is 0.0544 e. The van der Waals surface area contributed by atoms with Crippen molar-refractivity contribution < 1.29 is 0 Å². The second-order valence-corrected chi connectivity index (χ2v) is 7.31. The minimum absolute atomic E-state index is 0.404. The fourth-order valence-electron chi connectivity index (χ4n) is 4.37. The first-order chi connectivity index (χ1) is 10.4. The lowest BCUT2D eigenvalue weighted by Crippen LogP contribution is -2.65. The monoisotopic (exact) mass is 285 g/mol. The molecule has 4 rings (SSSR count). The molecule has 114 valence electrons. The summed E-state index contributed by atoms with van der Waals surface area (Å²) in [6, 6.07) is 7.05. The average Bonchev–Trinajstić information content (AvgIpc) is 3.37. The van der Waals surface area contributed by atoms with Gasteiger partial charge in [-0.2, -0.15) is 0 Å². The summed E-state index contributed by atoms with van der Waals surface area (Å²) in [6.45, 7) is 3.45. The topological polar surface area (TPSA) is 28.2 Å². The molecule has 1 aromatic rings. The number of hydrogen-bond acceptors (Lipinski definition) is 3. The van der Waals surface area contributed by atoms with Gasteiger partial charge in [0.15, 0.2) is 0 Å². The Labute approximate surface area is 128 Å². The van der Waals surface area contributed by atoms with Crippen molar-refractivity contribution in [1.29, 1.82) is 0 Å². The molecule has 3 nitrogen and oxygen atoms in total. The van der Waals surface area contributed by atoms with E-state index in [0.717, 1.165) is 18.5 Å². The van der Waals surface area contributed by atoms with Crippen molar-refractivity contribution >= 4 is 0 Å². The second-order valence-electron chi connectivity index (χ2n) is 7.31. The van der Waals surface area contributed by atoms with Crippen LogP contribution in [-0.4, -0.2) is 34.6 Å². The standard InChI is InChI=1S/C18H27N3/c1-3-9-18(10-4-1)14-20-17(15-7-8-15)13-21(18)12-16-6-2-5-11-19-16/h2,5-6,11,15,17,20H,1,3-4,7-10,12-14H2. The molecule has 1 aliphatic heterocycles. The van der Waals surface area contributed by atoms with Gasteiger partial charge in [0, 0.05) is 37.4 Å². The van der Waals surface area contributed by atoms with Crippen LogP contribution in [0.25, 0.3) is 0 Å². The average molecular weight is 285 g/mol. The summed E-state index contributed by atoms with van der Waals surface area (Å²) in [4.78, 5) is 7.36. The lowest BCUT2D eigenvalue weighted by Gasteiger charge is -2.52. The van der Waals surface area contributed by atoms with Gasteiger partial charge in [-0.25, -0.2) is 0 Å². The number of hydrogen-bond donors (Lipinski definition) is 1. The summed E-state index contributed by atoms with van der Waals surface area (Å²) in [5.41, 5.74) is 1.64. The fourth-order valence-corrected chi connectivity index (χ4v) is 4.37. The van der Waals surface area contributed by atoms with Crippen molar-refractivity contribution in [2.75, 3.05) is 13.1 Å². The van der Waals surface area contributed by atoms with E-state index >= 15 is 0 Å². The smallest absolute Gasteiger partial charge is 0.0544 e. The summed E-state index contributed by atoms with van der Waals surface area (Å²) < 4.78 is 0. The summed E-state index contributed by atoms with van der Waals surface area (Å²) in [5.74, 6) is 0.942. The van der Waals surface area contributed by atoms with Gasteiger partial charge in [-0.05, 0) is 43.7 Å². The van der Waals surface area contributed by atoms with Gasteiger partial charge in [0.1, 0.15) is 0 Å². The lowest BCUT2D eigenvalue weighted by molar-refractivity contribution is -0.00112. The normalized spacial score (nSPS) is 29.6. The Kier molecular flexibility index (Phi) is 3.72.